The minimum absolute atomic E-state index is 0.0391. The van der Waals surface area contributed by atoms with Crippen molar-refractivity contribution in [2.45, 2.75) is 37.8 Å². The number of rotatable bonds is 1. The smallest absolute Gasteiger partial charge is 0.247 e. The van der Waals surface area contributed by atoms with Gasteiger partial charge in [0.2, 0.25) is 11.8 Å². The quantitative estimate of drug-likeness (QED) is 0.701. The normalized spacial score (nSPS) is 26.4. The van der Waals surface area contributed by atoms with Gasteiger partial charge in [-0.1, -0.05) is 0 Å². The third kappa shape index (κ3) is 2.34. The van der Waals surface area contributed by atoms with Crippen molar-refractivity contribution in [3.8, 4) is 0 Å². The van der Waals surface area contributed by atoms with Crippen LogP contribution in [-0.4, -0.2) is 66.0 Å². The van der Waals surface area contributed by atoms with E-state index in [-0.39, 0.29) is 11.8 Å². The van der Waals surface area contributed by atoms with Gasteiger partial charge in [-0.05, 0) is 26.7 Å². The van der Waals surface area contributed by atoms with Gasteiger partial charge in [-0.2, -0.15) is 0 Å². The predicted octanol–water partition coefficient (Wildman–Crippen LogP) is -0.426. The highest BCUT2D eigenvalue weighted by molar-refractivity contribution is 5.95. The zero-order valence-corrected chi connectivity index (χ0v) is 11.9. The van der Waals surface area contributed by atoms with Crippen LogP contribution in [0, 0.1) is 0 Å². The Morgan fingerprint density at radius 1 is 1.26 bits per heavy atom. The van der Waals surface area contributed by atoms with Gasteiger partial charge in [-0.25, -0.2) is 0 Å². The summed E-state index contributed by atoms with van der Waals surface area (Å²) in [6.45, 7) is 5.67. The average Bonchev–Trinajstić information content (AvgIpc) is 2.36. The number of amides is 2. The number of likely N-dealkylation sites (N-methyl/N-ethyl adjacent to an activating group) is 1. The maximum atomic E-state index is 12.7. The first-order valence-electron chi connectivity index (χ1n) is 6.73. The van der Waals surface area contributed by atoms with Crippen molar-refractivity contribution < 1.29 is 14.3 Å². The number of nitrogens with zero attached hydrogens (tertiary/aromatic N) is 2. The van der Waals surface area contributed by atoms with E-state index in [0.29, 0.717) is 39.1 Å². The van der Waals surface area contributed by atoms with Crippen LogP contribution in [0.4, 0.5) is 0 Å². The second-order valence-corrected chi connectivity index (χ2v) is 6.01. The standard InChI is InChI=1S/C13H23N3O3/c1-12(2)10(17)15(3)6-7-16(12)11(18)13(14)4-8-19-9-5-13/h4-9,14H2,1-3H3. The maximum Gasteiger partial charge on any atom is 0.247 e. The number of ether oxygens (including phenoxy) is 1. The van der Waals surface area contributed by atoms with Crippen molar-refractivity contribution in [1.29, 1.82) is 0 Å². The fourth-order valence-electron chi connectivity index (χ4n) is 2.79. The summed E-state index contributed by atoms with van der Waals surface area (Å²) in [5.41, 5.74) is 4.53. The van der Waals surface area contributed by atoms with Crippen molar-refractivity contribution in [2.24, 2.45) is 5.73 Å². The molecule has 108 valence electrons. The van der Waals surface area contributed by atoms with Gasteiger partial charge in [0.1, 0.15) is 5.54 Å². The van der Waals surface area contributed by atoms with E-state index in [2.05, 4.69) is 0 Å². The monoisotopic (exact) mass is 269 g/mol. The fraction of sp³-hybridized carbons (Fsp3) is 0.846. The van der Waals surface area contributed by atoms with E-state index in [1.807, 2.05) is 0 Å². The molecule has 0 atom stereocenters. The Kier molecular flexibility index (Phi) is 3.57. The van der Waals surface area contributed by atoms with Crippen molar-refractivity contribution in [1.82, 2.24) is 9.80 Å². The Morgan fingerprint density at radius 3 is 2.42 bits per heavy atom. The van der Waals surface area contributed by atoms with E-state index in [1.54, 1.807) is 30.7 Å². The predicted molar refractivity (Wildman–Crippen MR) is 70.4 cm³/mol. The molecule has 0 saturated carbocycles. The van der Waals surface area contributed by atoms with Crippen LogP contribution in [0.3, 0.4) is 0 Å². The minimum Gasteiger partial charge on any atom is -0.381 e. The van der Waals surface area contributed by atoms with Crippen molar-refractivity contribution >= 4 is 11.8 Å². The van der Waals surface area contributed by atoms with Gasteiger partial charge in [-0.3, -0.25) is 9.59 Å². The molecular weight excluding hydrogens is 246 g/mol. The number of nitrogens with two attached hydrogens (primary N) is 1. The summed E-state index contributed by atoms with van der Waals surface area (Å²) in [5.74, 6) is -0.162. The highest BCUT2D eigenvalue weighted by Crippen LogP contribution is 2.28. The first-order chi connectivity index (χ1) is 8.79. The van der Waals surface area contributed by atoms with Gasteiger partial charge in [0.05, 0.1) is 5.54 Å². The molecule has 0 radical (unpaired) electrons. The molecule has 2 amide bonds. The van der Waals surface area contributed by atoms with Crippen LogP contribution in [-0.2, 0) is 14.3 Å². The number of hydrogen-bond donors (Lipinski definition) is 1. The lowest BCUT2D eigenvalue weighted by Crippen LogP contribution is -2.69. The van der Waals surface area contributed by atoms with Crippen molar-refractivity contribution in [2.75, 3.05) is 33.4 Å². The Balaban J connectivity index is 2.21. The zero-order chi connectivity index (χ0) is 14.3. The lowest BCUT2D eigenvalue weighted by Gasteiger charge is -2.48. The molecule has 2 aliphatic rings. The Morgan fingerprint density at radius 2 is 1.84 bits per heavy atom. The van der Waals surface area contributed by atoms with E-state index in [0.717, 1.165) is 0 Å². The minimum atomic E-state index is -0.883. The molecule has 2 aliphatic heterocycles. The van der Waals surface area contributed by atoms with Gasteiger partial charge in [0.25, 0.3) is 0 Å². The van der Waals surface area contributed by atoms with Crippen molar-refractivity contribution in [3.05, 3.63) is 0 Å². The Hall–Kier alpha value is -1.14. The third-order valence-electron chi connectivity index (χ3n) is 4.26. The SMILES string of the molecule is CN1CCN(C(=O)C2(N)CCOCC2)C(C)(C)C1=O. The van der Waals surface area contributed by atoms with Crippen LogP contribution in [0.5, 0.6) is 0 Å². The number of carbonyl (C=O) groups excluding carboxylic acids is 2. The lowest BCUT2D eigenvalue weighted by molar-refractivity contribution is -0.162. The van der Waals surface area contributed by atoms with Crippen LogP contribution >= 0.6 is 0 Å². The molecule has 0 aromatic heterocycles. The fourth-order valence-corrected chi connectivity index (χ4v) is 2.79. The topological polar surface area (TPSA) is 75.9 Å². The summed E-state index contributed by atoms with van der Waals surface area (Å²) in [6, 6.07) is 0. The zero-order valence-electron chi connectivity index (χ0n) is 11.9. The number of hydrogen-bond acceptors (Lipinski definition) is 4. The summed E-state index contributed by atoms with van der Waals surface area (Å²) >= 11 is 0. The van der Waals surface area contributed by atoms with E-state index in [4.69, 9.17) is 10.5 Å². The first kappa shape index (κ1) is 14.3. The molecule has 2 heterocycles. The first-order valence-corrected chi connectivity index (χ1v) is 6.73. The summed E-state index contributed by atoms with van der Waals surface area (Å²) in [4.78, 5) is 28.2. The summed E-state index contributed by atoms with van der Waals surface area (Å²) in [6.07, 6.45) is 1.03. The van der Waals surface area contributed by atoms with Crippen molar-refractivity contribution in [3.63, 3.8) is 0 Å². The summed E-state index contributed by atoms with van der Waals surface area (Å²) in [5, 5.41) is 0. The molecule has 0 bridgehead atoms. The summed E-state index contributed by atoms with van der Waals surface area (Å²) in [7, 11) is 1.76. The molecule has 2 fully saturated rings. The molecule has 6 heteroatoms. The van der Waals surface area contributed by atoms with Crippen LogP contribution in [0.15, 0.2) is 0 Å². The van der Waals surface area contributed by atoms with Crippen LogP contribution in [0.25, 0.3) is 0 Å². The molecule has 2 rings (SSSR count). The Bertz CT molecular complexity index is 389. The lowest BCUT2D eigenvalue weighted by atomic mass is 9.86. The highest BCUT2D eigenvalue weighted by Gasteiger charge is 2.48. The molecule has 0 unspecified atom stereocenters. The van der Waals surface area contributed by atoms with E-state index in [9.17, 15) is 9.59 Å². The number of piperazine rings is 1. The van der Waals surface area contributed by atoms with Gasteiger partial charge >= 0.3 is 0 Å². The molecule has 0 aromatic rings. The molecular formula is C13H23N3O3. The summed E-state index contributed by atoms with van der Waals surface area (Å²) < 4.78 is 5.27. The van der Waals surface area contributed by atoms with Crippen LogP contribution in [0.1, 0.15) is 26.7 Å². The van der Waals surface area contributed by atoms with E-state index in [1.165, 1.54) is 0 Å². The third-order valence-corrected chi connectivity index (χ3v) is 4.26. The molecule has 19 heavy (non-hydrogen) atoms. The van der Waals surface area contributed by atoms with Gasteiger partial charge < -0.3 is 20.3 Å². The second-order valence-electron chi connectivity index (χ2n) is 6.01. The highest BCUT2D eigenvalue weighted by atomic mass is 16.5. The van der Waals surface area contributed by atoms with Crippen LogP contribution < -0.4 is 5.73 Å². The van der Waals surface area contributed by atoms with Gasteiger partial charge in [0.15, 0.2) is 0 Å². The molecule has 2 N–H and O–H groups in total. The molecule has 2 saturated heterocycles. The number of carbonyl (C=O) groups is 2. The second kappa shape index (κ2) is 4.76. The molecule has 0 spiro atoms. The van der Waals surface area contributed by atoms with Crippen LogP contribution in [0.2, 0.25) is 0 Å². The van der Waals surface area contributed by atoms with Gasteiger partial charge in [-0.15, -0.1) is 0 Å². The largest absolute Gasteiger partial charge is 0.381 e. The Labute approximate surface area is 113 Å². The van der Waals surface area contributed by atoms with E-state index < -0.39 is 11.1 Å². The molecule has 0 aromatic carbocycles. The van der Waals surface area contributed by atoms with E-state index >= 15 is 0 Å². The average molecular weight is 269 g/mol. The molecule has 0 aliphatic carbocycles. The van der Waals surface area contributed by atoms with Gasteiger partial charge in [0, 0.05) is 33.4 Å². The molecule has 6 nitrogen and oxygen atoms in total. The maximum absolute atomic E-state index is 12.7.